The van der Waals surface area contributed by atoms with Crippen molar-refractivity contribution in [3.63, 3.8) is 0 Å². The van der Waals surface area contributed by atoms with E-state index in [1.165, 1.54) is 18.2 Å². The fourth-order valence-corrected chi connectivity index (χ4v) is 1.99. The van der Waals surface area contributed by atoms with Crippen LogP contribution in [0.25, 0.3) is 0 Å². The minimum absolute atomic E-state index is 0.0156. The molecular weight excluding hydrogens is 394 g/mol. The Labute approximate surface area is 176 Å². The maximum Gasteiger partial charge on any atom is 0.514 e. The molecule has 9 heteroatoms. The number of hydrogen-bond acceptors (Lipinski definition) is 8. The van der Waals surface area contributed by atoms with Crippen LogP contribution in [-0.4, -0.2) is 41.6 Å². The number of carbonyl (C=O) groups is 3. The summed E-state index contributed by atoms with van der Waals surface area (Å²) in [6, 6.07) is 3.12. The maximum absolute atomic E-state index is 12.1. The van der Waals surface area contributed by atoms with Crippen LogP contribution in [0.1, 0.15) is 47.1 Å². The van der Waals surface area contributed by atoms with E-state index in [9.17, 15) is 14.4 Å². The van der Waals surface area contributed by atoms with Crippen molar-refractivity contribution in [2.24, 2.45) is 17.6 Å². The van der Waals surface area contributed by atoms with Crippen LogP contribution in [0.2, 0.25) is 0 Å². The number of carboxylic acids is 1. The van der Waals surface area contributed by atoms with E-state index < -0.39 is 30.4 Å². The highest BCUT2D eigenvalue weighted by atomic mass is 16.7. The number of rotatable bonds is 9. The van der Waals surface area contributed by atoms with Gasteiger partial charge in [0.15, 0.2) is 11.5 Å². The molecule has 2 unspecified atom stereocenters. The summed E-state index contributed by atoms with van der Waals surface area (Å²) in [5.41, 5.74) is 6.04. The molecular formula is C21H31NO8. The fourth-order valence-electron chi connectivity index (χ4n) is 1.99. The van der Waals surface area contributed by atoms with Gasteiger partial charge in [-0.15, -0.1) is 0 Å². The predicted molar refractivity (Wildman–Crippen MR) is 109 cm³/mol. The SMILES string of the molecule is CC(C)C(C)OC(=O)Oc1ccc(C[C@H](N)C(=O)O)cc1OC(=O)OC(C)C(C)C. The van der Waals surface area contributed by atoms with Crippen LogP contribution in [0.15, 0.2) is 18.2 Å². The molecule has 0 saturated heterocycles. The van der Waals surface area contributed by atoms with E-state index in [-0.39, 0.29) is 35.9 Å². The number of ether oxygens (including phenoxy) is 4. The highest BCUT2D eigenvalue weighted by Crippen LogP contribution is 2.30. The second kappa shape index (κ2) is 11.4. The molecule has 3 N–H and O–H groups in total. The summed E-state index contributed by atoms with van der Waals surface area (Å²) in [6.07, 6.45) is -2.74. The van der Waals surface area contributed by atoms with Gasteiger partial charge in [-0.25, -0.2) is 9.59 Å². The van der Waals surface area contributed by atoms with E-state index in [1.54, 1.807) is 13.8 Å². The lowest BCUT2D eigenvalue weighted by atomic mass is 10.1. The zero-order valence-electron chi connectivity index (χ0n) is 18.2. The van der Waals surface area contributed by atoms with Crippen LogP contribution in [0.5, 0.6) is 11.5 Å². The van der Waals surface area contributed by atoms with Gasteiger partial charge in [0, 0.05) is 0 Å². The first-order valence-corrected chi connectivity index (χ1v) is 9.78. The summed E-state index contributed by atoms with van der Waals surface area (Å²) in [4.78, 5) is 35.2. The van der Waals surface area contributed by atoms with Crippen LogP contribution in [-0.2, 0) is 20.7 Å². The minimum atomic E-state index is -1.17. The van der Waals surface area contributed by atoms with Gasteiger partial charge in [0.05, 0.1) is 0 Å². The molecule has 0 aliphatic rings. The van der Waals surface area contributed by atoms with Gasteiger partial charge in [0.25, 0.3) is 0 Å². The van der Waals surface area contributed by atoms with Crippen molar-refractivity contribution < 1.29 is 38.4 Å². The summed E-state index contributed by atoms with van der Waals surface area (Å²) in [7, 11) is 0. The standard InChI is InChI=1S/C21H31NO8/c1-11(2)13(5)27-20(25)29-17-8-7-15(9-16(22)19(23)24)10-18(17)30-21(26)28-14(6)12(3)4/h7-8,10-14,16H,9,22H2,1-6H3,(H,23,24)/t13?,14?,16-/m0/s1. The van der Waals surface area contributed by atoms with E-state index in [2.05, 4.69) is 0 Å². The normalized spacial score (nSPS) is 14.0. The molecule has 0 aliphatic carbocycles. The summed E-state index contributed by atoms with van der Waals surface area (Å²) in [5, 5.41) is 9.00. The predicted octanol–water partition coefficient (Wildman–Crippen LogP) is 3.76. The average Bonchev–Trinajstić information content (AvgIpc) is 2.63. The lowest BCUT2D eigenvalue weighted by Crippen LogP contribution is -2.32. The average molecular weight is 425 g/mol. The van der Waals surface area contributed by atoms with E-state index in [0.29, 0.717) is 5.56 Å². The smallest absolute Gasteiger partial charge is 0.480 e. The van der Waals surface area contributed by atoms with Gasteiger partial charge in [-0.1, -0.05) is 33.8 Å². The molecule has 3 atom stereocenters. The highest BCUT2D eigenvalue weighted by Gasteiger charge is 2.22. The molecule has 0 fully saturated rings. The van der Waals surface area contributed by atoms with Crippen molar-refractivity contribution in [3.05, 3.63) is 23.8 Å². The zero-order chi connectivity index (χ0) is 23.0. The van der Waals surface area contributed by atoms with Gasteiger partial charge >= 0.3 is 18.3 Å². The van der Waals surface area contributed by atoms with Crippen molar-refractivity contribution in [2.45, 2.75) is 66.2 Å². The molecule has 0 radical (unpaired) electrons. The Morgan fingerprint density at radius 2 is 1.33 bits per heavy atom. The van der Waals surface area contributed by atoms with Crippen molar-refractivity contribution in [2.75, 3.05) is 0 Å². The van der Waals surface area contributed by atoms with Gasteiger partial charge in [-0.2, -0.15) is 0 Å². The Hall–Kier alpha value is -2.81. The molecule has 1 aromatic rings. The number of carboxylic acid groups (broad SMARTS) is 1. The largest absolute Gasteiger partial charge is 0.514 e. The molecule has 1 aromatic carbocycles. The molecule has 0 aromatic heterocycles. The molecule has 0 spiro atoms. The van der Waals surface area contributed by atoms with Crippen molar-refractivity contribution in [1.29, 1.82) is 0 Å². The van der Waals surface area contributed by atoms with Gasteiger partial charge in [0.1, 0.15) is 18.2 Å². The third-order valence-electron chi connectivity index (χ3n) is 4.61. The first-order chi connectivity index (χ1) is 13.9. The number of aliphatic carboxylic acids is 1. The molecule has 1 rings (SSSR count). The summed E-state index contributed by atoms with van der Waals surface area (Å²) < 4.78 is 20.8. The number of carbonyl (C=O) groups excluding carboxylic acids is 2. The number of nitrogens with two attached hydrogens (primary N) is 1. The molecule has 0 saturated carbocycles. The Kier molecular flexibility index (Phi) is 9.58. The van der Waals surface area contributed by atoms with Gasteiger partial charge in [0.2, 0.25) is 0 Å². The monoisotopic (exact) mass is 425 g/mol. The molecule has 0 heterocycles. The second-order valence-electron chi connectivity index (χ2n) is 7.77. The first kappa shape index (κ1) is 25.2. The Balaban J connectivity index is 3.05. The van der Waals surface area contributed by atoms with Crippen LogP contribution >= 0.6 is 0 Å². The molecule has 30 heavy (non-hydrogen) atoms. The van der Waals surface area contributed by atoms with Gasteiger partial charge in [-0.3, -0.25) is 4.79 Å². The summed E-state index contributed by atoms with van der Waals surface area (Å²) in [6.45, 7) is 11.0. The maximum atomic E-state index is 12.1. The van der Waals surface area contributed by atoms with Gasteiger partial charge in [-0.05, 0) is 49.8 Å². The van der Waals surface area contributed by atoms with Crippen molar-refractivity contribution >= 4 is 18.3 Å². The summed E-state index contributed by atoms with van der Waals surface area (Å²) in [5.74, 6) is -1.20. The quantitative estimate of drug-likeness (QED) is 0.448. The van der Waals surface area contributed by atoms with Crippen molar-refractivity contribution in [1.82, 2.24) is 0 Å². The topological polar surface area (TPSA) is 134 Å². The van der Waals surface area contributed by atoms with E-state index in [1.807, 2.05) is 27.7 Å². The highest BCUT2D eigenvalue weighted by molar-refractivity contribution is 5.74. The number of benzene rings is 1. The van der Waals surface area contributed by atoms with Gasteiger partial charge < -0.3 is 29.8 Å². The lowest BCUT2D eigenvalue weighted by molar-refractivity contribution is -0.138. The van der Waals surface area contributed by atoms with Crippen LogP contribution in [0, 0.1) is 11.8 Å². The van der Waals surface area contributed by atoms with Crippen LogP contribution in [0.3, 0.4) is 0 Å². The summed E-state index contributed by atoms with van der Waals surface area (Å²) >= 11 is 0. The third kappa shape index (κ3) is 8.28. The third-order valence-corrected chi connectivity index (χ3v) is 4.61. The minimum Gasteiger partial charge on any atom is -0.480 e. The number of hydrogen-bond donors (Lipinski definition) is 2. The first-order valence-electron chi connectivity index (χ1n) is 9.78. The Morgan fingerprint density at radius 1 is 0.867 bits per heavy atom. The van der Waals surface area contributed by atoms with Crippen LogP contribution in [0.4, 0.5) is 9.59 Å². The van der Waals surface area contributed by atoms with Crippen LogP contribution < -0.4 is 15.2 Å². The second-order valence-corrected chi connectivity index (χ2v) is 7.77. The van der Waals surface area contributed by atoms with E-state index in [4.69, 9.17) is 29.8 Å². The Bertz CT molecular complexity index is 747. The molecule has 168 valence electrons. The van der Waals surface area contributed by atoms with E-state index >= 15 is 0 Å². The molecule has 0 bridgehead atoms. The van der Waals surface area contributed by atoms with E-state index in [0.717, 1.165) is 0 Å². The zero-order valence-corrected chi connectivity index (χ0v) is 18.2. The molecule has 9 nitrogen and oxygen atoms in total. The molecule has 0 amide bonds. The fraction of sp³-hybridized carbons (Fsp3) is 0.571. The van der Waals surface area contributed by atoms with Crippen molar-refractivity contribution in [3.8, 4) is 11.5 Å². The molecule has 0 aliphatic heterocycles. The lowest BCUT2D eigenvalue weighted by Gasteiger charge is -2.18. The Morgan fingerprint density at radius 3 is 1.77 bits per heavy atom.